The lowest BCUT2D eigenvalue weighted by Gasteiger charge is -2.08. The van der Waals surface area contributed by atoms with E-state index in [-0.39, 0.29) is 6.10 Å². The lowest BCUT2D eigenvalue weighted by atomic mass is 10.2. The van der Waals surface area contributed by atoms with Crippen molar-refractivity contribution in [1.82, 2.24) is 9.78 Å². The maximum Gasteiger partial charge on any atom is 0.0675 e. The Balaban J connectivity index is 1.81. The van der Waals surface area contributed by atoms with E-state index in [0.717, 1.165) is 15.5 Å². The van der Waals surface area contributed by atoms with Crippen molar-refractivity contribution in [2.45, 2.75) is 17.4 Å². The summed E-state index contributed by atoms with van der Waals surface area (Å²) in [6, 6.07) is 7.64. The fourth-order valence-corrected chi connectivity index (χ4v) is 2.59. The Morgan fingerprint density at radius 2 is 2.11 bits per heavy atom. The molecule has 0 bridgehead atoms. The first-order valence-corrected chi connectivity index (χ1v) is 7.04. The van der Waals surface area contributed by atoms with Crippen LogP contribution in [-0.2, 0) is 13.5 Å². The number of thioether (sulfide) groups is 1. The number of hydrogen-bond acceptors (Lipinski definition) is 3. The van der Waals surface area contributed by atoms with E-state index in [9.17, 15) is 5.11 Å². The Hall–Kier alpha value is -0.970. The summed E-state index contributed by atoms with van der Waals surface area (Å²) < 4.78 is 1.74. The molecule has 96 valence electrons. The molecule has 1 heterocycles. The highest BCUT2D eigenvalue weighted by atomic mass is 35.5. The average molecular weight is 283 g/mol. The molecule has 0 saturated heterocycles. The van der Waals surface area contributed by atoms with E-state index in [1.807, 2.05) is 37.5 Å². The first-order chi connectivity index (χ1) is 8.63. The monoisotopic (exact) mass is 282 g/mol. The third kappa shape index (κ3) is 4.05. The molecular formula is C13H15ClN2OS. The van der Waals surface area contributed by atoms with E-state index in [0.29, 0.717) is 12.2 Å². The molecule has 1 aromatic heterocycles. The molecule has 0 fully saturated rings. The van der Waals surface area contributed by atoms with Gasteiger partial charge in [0.2, 0.25) is 0 Å². The summed E-state index contributed by atoms with van der Waals surface area (Å²) in [5.74, 6) is 0.663. The van der Waals surface area contributed by atoms with Gasteiger partial charge in [0.05, 0.1) is 12.3 Å². The van der Waals surface area contributed by atoms with Gasteiger partial charge in [-0.1, -0.05) is 11.6 Å². The van der Waals surface area contributed by atoms with E-state index in [4.69, 9.17) is 11.6 Å². The van der Waals surface area contributed by atoms with Crippen molar-refractivity contribution < 1.29 is 5.11 Å². The van der Waals surface area contributed by atoms with E-state index in [1.54, 1.807) is 22.6 Å². The van der Waals surface area contributed by atoms with E-state index < -0.39 is 0 Å². The van der Waals surface area contributed by atoms with Crippen LogP contribution in [0.1, 0.15) is 5.56 Å². The molecule has 1 atom stereocenters. The number of hydrogen-bond donors (Lipinski definition) is 1. The molecule has 0 aliphatic heterocycles. The molecule has 1 aromatic carbocycles. The van der Waals surface area contributed by atoms with Crippen LogP contribution in [0.15, 0.2) is 41.6 Å². The molecule has 0 amide bonds. The standard InChI is InChI=1S/C13H15ClN2OS/c1-16-8-10(7-15-16)6-12(17)9-18-13-4-2-11(14)3-5-13/h2-5,7-8,12,17H,6,9H2,1H3. The number of halogens is 1. The number of aromatic nitrogens is 2. The van der Waals surface area contributed by atoms with Gasteiger partial charge in [0, 0.05) is 35.3 Å². The Morgan fingerprint density at radius 1 is 1.39 bits per heavy atom. The Kier molecular flexibility index (Phi) is 4.69. The molecule has 5 heteroatoms. The molecule has 0 saturated carbocycles. The molecule has 1 N–H and O–H groups in total. The van der Waals surface area contributed by atoms with Crippen LogP contribution in [0, 0.1) is 0 Å². The Morgan fingerprint density at radius 3 is 2.72 bits per heavy atom. The molecule has 0 aliphatic carbocycles. The first-order valence-electron chi connectivity index (χ1n) is 5.67. The lowest BCUT2D eigenvalue weighted by molar-refractivity contribution is 0.200. The predicted molar refractivity (Wildman–Crippen MR) is 75.1 cm³/mol. The summed E-state index contributed by atoms with van der Waals surface area (Å²) in [5.41, 5.74) is 1.06. The van der Waals surface area contributed by atoms with Gasteiger partial charge in [0.15, 0.2) is 0 Å². The zero-order valence-corrected chi connectivity index (χ0v) is 11.7. The third-order valence-corrected chi connectivity index (χ3v) is 3.89. The maximum atomic E-state index is 9.94. The van der Waals surface area contributed by atoms with Gasteiger partial charge < -0.3 is 5.11 Å². The van der Waals surface area contributed by atoms with Crippen LogP contribution >= 0.6 is 23.4 Å². The SMILES string of the molecule is Cn1cc(CC(O)CSc2ccc(Cl)cc2)cn1. The van der Waals surface area contributed by atoms with Crippen LogP contribution in [0.25, 0.3) is 0 Å². The van der Waals surface area contributed by atoms with Gasteiger partial charge in [-0.25, -0.2) is 0 Å². The topological polar surface area (TPSA) is 38.0 Å². The fraction of sp³-hybridized carbons (Fsp3) is 0.308. The molecule has 3 nitrogen and oxygen atoms in total. The van der Waals surface area contributed by atoms with Gasteiger partial charge in [0.1, 0.15) is 0 Å². The van der Waals surface area contributed by atoms with Crippen LogP contribution in [0.4, 0.5) is 0 Å². The number of aliphatic hydroxyl groups excluding tert-OH is 1. The van der Waals surface area contributed by atoms with Crippen LogP contribution < -0.4 is 0 Å². The van der Waals surface area contributed by atoms with Crippen molar-refractivity contribution in [3.05, 3.63) is 47.2 Å². The van der Waals surface area contributed by atoms with E-state index >= 15 is 0 Å². The quantitative estimate of drug-likeness (QED) is 0.857. The smallest absolute Gasteiger partial charge is 0.0675 e. The van der Waals surface area contributed by atoms with E-state index in [1.165, 1.54) is 0 Å². The van der Waals surface area contributed by atoms with Gasteiger partial charge in [-0.15, -0.1) is 11.8 Å². The van der Waals surface area contributed by atoms with Crippen LogP contribution in [0.5, 0.6) is 0 Å². The fourth-order valence-electron chi connectivity index (χ4n) is 1.63. The molecular weight excluding hydrogens is 268 g/mol. The van der Waals surface area contributed by atoms with Gasteiger partial charge in [-0.2, -0.15) is 5.10 Å². The average Bonchev–Trinajstić information content (AvgIpc) is 2.74. The summed E-state index contributed by atoms with van der Waals surface area (Å²) in [6.45, 7) is 0. The first kappa shape index (κ1) is 13.5. The summed E-state index contributed by atoms with van der Waals surface area (Å²) in [7, 11) is 1.87. The highest BCUT2D eigenvalue weighted by Gasteiger charge is 2.08. The second kappa shape index (κ2) is 6.27. The highest BCUT2D eigenvalue weighted by molar-refractivity contribution is 7.99. The lowest BCUT2D eigenvalue weighted by Crippen LogP contribution is -2.13. The second-order valence-electron chi connectivity index (χ2n) is 4.15. The zero-order chi connectivity index (χ0) is 13.0. The Labute approximate surface area is 116 Å². The minimum Gasteiger partial charge on any atom is -0.392 e. The zero-order valence-electron chi connectivity index (χ0n) is 10.1. The van der Waals surface area contributed by atoms with Gasteiger partial charge >= 0.3 is 0 Å². The predicted octanol–water partition coefficient (Wildman–Crippen LogP) is 2.77. The van der Waals surface area contributed by atoms with Crippen molar-refractivity contribution in [2.75, 3.05) is 5.75 Å². The molecule has 18 heavy (non-hydrogen) atoms. The highest BCUT2D eigenvalue weighted by Crippen LogP contribution is 2.21. The minimum absolute atomic E-state index is 0.366. The third-order valence-electron chi connectivity index (χ3n) is 2.49. The number of benzene rings is 1. The van der Waals surface area contributed by atoms with Gasteiger partial charge in [-0.3, -0.25) is 4.68 Å². The molecule has 1 unspecified atom stereocenters. The molecule has 2 aromatic rings. The molecule has 0 spiro atoms. The number of aliphatic hydroxyl groups is 1. The largest absolute Gasteiger partial charge is 0.392 e. The maximum absolute atomic E-state index is 9.94. The van der Waals surface area contributed by atoms with Crippen molar-refractivity contribution >= 4 is 23.4 Å². The van der Waals surface area contributed by atoms with Crippen molar-refractivity contribution in [2.24, 2.45) is 7.05 Å². The van der Waals surface area contributed by atoms with Crippen LogP contribution in [0.2, 0.25) is 5.02 Å². The van der Waals surface area contributed by atoms with E-state index in [2.05, 4.69) is 5.10 Å². The normalized spacial score (nSPS) is 12.6. The Bertz CT molecular complexity index is 498. The molecule has 0 aliphatic rings. The summed E-state index contributed by atoms with van der Waals surface area (Å²) in [6.07, 6.45) is 3.98. The van der Waals surface area contributed by atoms with Crippen LogP contribution in [-0.4, -0.2) is 26.7 Å². The summed E-state index contributed by atoms with van der Waals surface area (Å²) in [5, 5.41) is 14.8. The van der Waals surface area contributed by atoms with Crippen molar-refractivity contribution in [1.29, 1.82) is 0 Å². The van der Waals surface area contributed by atoms with Crippen molar-refractivity contribution in [3.8, 4) is 0 Å². The minimum atomic E-state index is -0.366. The van der Waals surface area contributed by atoms with Gasteiger partial charge in [-0.05, 0) is 29.8 Å². The summed E-state index contributed by atoms with van der Waals surface area (Å²) >= 11 is 7.44. The summed E-state index contributed by atoms with van der Waals surface area (Å²) in [4.78, 5) is 1.12. The van der Waals surface area contributed by atoms with Crippen molar-refractivity contribution in [3.63, 3.8) is 0 Å². The number of rotatable bonds is 5. The second-order valence-corrected chi connectivity index (χ2v) is 5.67. The van der Waals surface area contributed by atoms with Gasteiger partial charge in [0.25, 0.3) is 0 Å². The number of nitrogens with zero attached hydrogens (tertiary/aromatic N) is 2. The molecule has 2 rings (SSSR count). The molecule has 0 radical (unpaired) electrons. The number of aryl methyl sites for hydroxylation is 1. The van der Waals surface area contributed by atoms with Crippen LogP contribution in [0.3, 0.4) is 0 Å².